The van der Waals surface area contributed by atoms with E-state index in [1.54, 1.807) is 29.6 Å². The van der Waals surface area contributed by atoms with E-state index < -0.39 is 12.0 Å². The first kappa shape index (κ1) is 13.4. The molecule has 0 bridgehead atoms. The van der Waals surface area contributed by atoms with E-state index in [2.05, 4.69) is 4.98 Å². The number of carbonyl (C=O) groups is 2. The third kappa shape index (κ3) is 2.40. The molecule has 1 aromatic heterocycles. The first-order valence-corrected chi connectivity index (χ1v) is 7.02. The number of benzene rings is 1. The minimum Gasteiger partial charge on any atom is -0.477 e. The summed E-state index contributed by atoms with van der Waals surface area (Å²) in [6.45, 7) is 0.0443. The van der Waals surface area contributed by atoms with Gasteiger partial charge in [-0.25, -0.2) is 4.98 Å². The summed E-state index contributed by atoms with van der Waals surface area (Å²) in [7, 11) is 0. The van der Waals surface area contributed by atoms with Gasteiger partial charge in [0.2, 0.25) is 0 Å². The summed E-state index contributed by atoms with van der Waals surface area (Å²) in [6.07, 6.45) is -0.889. The van der Waals surface area contributed by atoms with Gasteiger partial charge >= 0.3 is 0 Å². The summed E-state index contributed by atoms with van der Waals surface area (Å²) >= 11 is 1.18. The summed E-state index contributed by atoms with van der Waals surface area (Å²) in [4.78, 5) is 29.4. The standard InChI is InChI=1S/C13H12N4O3S/c14-11(18)10-5-17(8-3-1-2-4-9(8)20-10)12(19)7-6-21-13(15)16-7/h1-4,6,10H,5H2,(H2,14,18)(H2,15,16). The van der Waals surface area contributed by atoms with Gasteiger partial charge in [-0.05, 0) is 12.1 Å². The van der Waals surface area contributed by atoms with Crippen LogP contribution in [-0.4, -0.2) is 29.4 Å². The third-order valence-electron chi connectivity index (χ3n) is 3.08. The van der Waals surface area contributed by atoms with Crippen LogP contribution in [0.25, 0.3) is 0 Å². The van der Waals surface area contributed by atoms with Gasteiger partial charge in [-0.3, -0.25) is 14.5 Å². The maximum absolute atomic E-state index is 12.6. The quantitative estimate of drug-likeness (QED) is 0.844. The van der Waals surface area contributed by atoms with Crippen molar-refractivity contribution in [2.45, 2.75) is 6.10 Å². The van der Waals surface area contributed by atoms with Crippen molar-refractivity contribution in [3.05, 3.63) is 35.3 Å². The lowest BCUT2D eigenvalue weighted by atomic mass is 10.1. The molecule has 0 radical (unpaired) electrons. The number of thiazole rings is 1. The second-order valence-electron chi connectivity index (χ2n) is 4.46. The van der Waals surface area contributed by atoms with Crippen LogP contribution in [0, 0.1) is 0 Å². The number of hydrogen-bond donors (Lipinski definition) is 2. The van der Waals surface area contributed by atoms with Crippen LogP contribution in [-0.2, 0) is 4.79 Å². The fourth-order valence-electron chi connectivity index (χ4n) is 2.10. The number of anilines is 2. The highest BCUT2D eigenvalue weighted by atomic mass is 32.1. The molecular weight excluding hydrogens is 292 g/mol. The van der Waals surface area contributed by atoms with Crippen molar-refractivity contribution < 1.29 is 14.3 Å². The Morgan fingerprint density at radius 2 is 2.14 bits per heavy atom. The van der Waals surface area contributed by atoms with E-state index in [0.29, 0.717) is 16.6 Å². The SMILES string of the molecule is NC(=O)C1CN(C(=O)c2csc(N)n2)c2ccccc2O1. The Labute approximate surface area is 124 Å². The lowest BCUT2D eigenvalue weighted by Gasteiger charge is -2.33. The van der Waals surface area contributed by atoms with E-state index >= 15 is 0 Å². The van der Waals surface area contributed by atoms with E-state index in [1.807, 2.05) is 0 Å². The smallest absolute Gasteiger partial charge is 0.278 e. The van der Waals surface area contributed by atoms with Crippen LogP contribution in [0.5, 0.6) is 5.75 Å². The zero-order valence-electron chi connectivity index (χ0n) is 10.9. The van der Waals surface area contributed by atoms with Crippen molar-refractivity contribution in [1.82, 2.24) is 4.98 Å². The number of para-hydroxylation sites is 2. The van der Waals surface area contributed by atoms with E-state index in [0.717, 1.165) is 0 Å². The number of hydrogen-bond acceptors (Lipinski definition) is 6. The Morgan fingerprint density at radius 1 is 1.38 bits per heavy atom. The van der Waals surface area contributed by atoms with Gasteiger partial charge in [-0.2, -0.15) is 0 Å². The normalized spacial score (nSPS) is 17.0. The molecule has 0 saturated carbocycles. The van der Waals surface area contributed by atoms with Crippen molar-refractivity contribution in [3.8, 4) is 5.75 Å². The van der Waals surface area contributed by atoms with Crippen LogP contribution in [0.1, 0.15) is 10.5 Å². The zero-order chi connectivity index (χ0) is 15.0. The molecule has 1 aromatic carbocycles. The molecule has 8 heteroatoms. The average molecular weight is 304 g/mol. The second-order valence-corrected chi connectivity index (χ2v) is 5.35. The maximum atomic E-state index is 12.6. The van der Waals surface area contributed by atoms with Crippen LogP contribution in [0.4, 0.5) is 10.8 Å². The number of fused-ring (bicyclic) bond motifs is 1. The second kappa shape index (κ2) is 5.06. The van der Waals surface area contributed by atoms with Gasteiger partial charge in [-0.1, -0.05) is 12.1 Å². The molecule has 21 heavy (non-hydrogen) atoms. The molecule has 1 unspecified atom stereocenters. The van der Waals surface area contributed by atoms with Crippen molar-refractivity contribution >= 4 is 34.0 Å². The lowest BCUT2D eigenvalue weighted by Crippen LogP contribution is -2.49. The predicted molar refractivity (Wildman–Crippen MR) is 78.3 cm³/mol. The van der Waals surface area contributed by atoms with E-state index in [9.17, 15) is 9.59 Å². The Bertz CT molecular complexity index is 715. The number of nitrogens with zero attached hydrogens (tertiary/aromatic N) is 2. The number of primary amides is 1. The Kier molecular flexibility index (Phi) is 3.22. The van der Waals surface area contributed by atoms with E-state index in [4.69, 9.17) is 16.2 Å². The van der Waals surface area contributed by atoms with Gasteiger partial charge in [0, 0.05) is 5.38 Å². The Balaban J connectivity index is 2.00. The molecule has 0 fully saturated rings. The highest BCUT2D eigenvalue weighted by Crippen LogP contribution is 2.34. The molecule has 0 spiro atoms. The summed E-state index contributed by atoms with van der Waals surface area (Å²) in [5.74, 6) is -0.533. The van der Waals surface area contributed by atoms with Gasteiger partial charge < -0.3 is 16.2 Å². The summed E-state index contributed by atoms with van der Waals surface area (Å²) in [5, 5.41) is 1.89. The molecule has 108 valence electrons. The van der Waals surface area contributed by atoms with Crippen LogP contribution in [0.2, 0.25) is 0 Å². The van der Waals surface area contributed by atoms with Crippen LogP contribution in [0.15, 0.2) is 29.6 Å². The first-order chi connectivity index (χ1) is 10.1. The van der Waals surface area contributed by atoms with Crippen LogP contribution >= 0.6 is 11.3 Å². The Hall–Kier alpha value is -2.61. The lowest BCUT2D eigenvalue weighted by molar-refractivity contribution is -0.124. The molecule has 2 aromatic rings. The summed E-state index contributed by atoms with van der Waals surface area (Å²) in [6, 6.07) is 6.95. The molecule has 3 rings (SSSR count). The number of ether oxygens (including phenoxy) is 1. The van der Waals surface area contributed by atoms with Crippen molar-refractivity contribution in [2.75, 3.05) is 17.2 Å². The minimum absolute atomic E-state index is 0.0443. The topological polar surface area (TPSA) is 112 Å². The average Bonchev–Trinajstić information content (AvgIpc) is 2.92. The molecule has 1 aliphatic rings. The molecule has 2 heterocycles. The zero-order valence-corrected chi connectivity index (χ0v) is 11.7. The van der Waals surface area contributed by atoms with Crippen LogP contribution < -0.4 is 21.1 Å². The summed E-state index contributed by atoms with van der Waals surface area (Å²) < 4.78 is 5.50. The van der Waals surface area contributed by atoms with Gasteiger partial charge in [0.05, 0.1) is 12.2 Å². The maximum Gasteiger partial charge on any atom is 0.278 e. The number of aromatic nitrogens is 1. The molecule has 2 amide bonds. The number of carbonyl (C=O) groups excluding carboxylic acids is 2. The Morgan fingerprint density at radius 3 is 2.81 bits per heavy atom. The number of amides is 2. The number of nitrogens with two attached hydrogens (primary N) is 2. The highest BCUT2D eigenvalue weighted by molar-refractivity contribution is 7.13. The van der Waals surface area contributed by atoms with Crippen LogP contribution in [0.3, 0.4) is 0 Å². The fraction of sp³-hybridized carbons (Fsp3) is 0.154. The monoisotopic (exact) mass is 304 g/mol. The van der Waals surface area contributed by atoms with Gasteiger partial charge in [0.25, 0.3) is 11.8 Å². The fourth-order valence-corrected chi connectivity index (χ4v) is 2.64. The van der Waals surface area contributed by atoms with Crippen molar-refractivity contribution in [2.24, 2.45) is 5.73 Å². The molecule has 7 nitrogen and oxygen atoms in total. The number of rotatable bonds is 2. The summed E-state index contributed by atoms with van der Waals surface area (Å²) in [5.41, 5.74) is 11.7. The highest BCUT2D eigenvalue weighted by Gasteiger charge is 2.33. The molecule has 1 aliphatic heterocycles. The van der Waals surface area contributed by atoms with Crippen molar-refractivity contribution in [3.63, 3.8) is 0 Å². The number of nitrogen functional groups attached to an aromatic ring is 1. The molecule has 1 atom stereocenters. The third-order valence-corrected chi connectivity index (χ3v) is 3.75. The van der Waals surface area contributed by atoms with E-state index in [1.165, 1.54) is 16.2 Å². The largest absolute Gasteiger partial charge is 0.477 e. The molecular formula is C13H12N4O3S. The van der Waals surface area contributed by atoms with E-state index in [-0.39, 0.29) is 18.1 Å². The first-order valence-electron chi connectivity index (χ1n) is 6.14. The molecule has 0 aliphatic carbocycles. The minimum atomic E-state index is -0.889. The molecule has 0 saturated heterocycles. The predicted octanol–water partition coefficient (Wildman–Crippen LogP) is 0.618. The van der Waals surface area contributed by atoms with Crippen molar-refractivity contribution in [1.29, 1.82) is 0 Å². The molecule has 4 N–H and O–H groups in total. The van der Waals surface area contributed by atoms with Gasteiger partial charge in [0.1, 0.15) is 11.4 Å². The van der Waals surface area contributed by atoms with Gasteiger partial charge in [0.15, 0.2) is 11.2 Å². The van der Waals surface area contributed by atoms with Gasteiger partial charge in [-0.15, -0.1) is 11.3 Å².